The Kier molecular flexibility index (Phi) is 5.51. The molecule has 1 atom stereocenters. The Morgan fingerprint density at radius 1 is 1.50 bits per heavy atom. The summed E-state index contributed by atoms with van der Waals surface area (Å²) in [6.07, 6.45) is 0.519. The summed E-state index contributed by atoms with van der Waals surface area (Å²) in [4.78, 5) is 21.4. The molecule has 1 unspecified atom stereocenters. The first-order valence-corrected chi connectivity index (χ1v) is 5.98. The third-order valence-electron chi connectivity index (χ3n) is 2.76. The van der Waals surface area contributed by atoms with Crippen molar-refractivity contribution in [1.29, 1.82) is 0 Å². The van der Waals surface area contributed by atoms with Crippen LogP contribution in [-0.4, -0.2) is 17.4 Å². The number of hydrogen-bond donors (Lipinski definition) is 2. The van der Waals surface area contributed by atoms with E-state index in [1.807, 2.05) is 6.92 Å². The van der Waals surface area contributed by atoms with Crippen molar-refractivity contribution in [2.75, 3.05) is 11.9 Å². The maximum absolute atomic E-state index is 13.5. The van der Waals surface area contributed by atoms with Crippen LogP contribution in [0.1, 0.15) is 19.8 Å². The van der Waals surface area contributed by atoms with Crippen molar-refractivity contribution in [3.05, 3.63) is 33.9 Å². The molecular formula is C12H15F2N3O3. The SMILES string of the molecule is CC(CN)CCC(=O)Nc1c(F)cc(F)cc1[N+](=O)[O-]. The van der Waals surface area contributed by atoms with E-state index in [2.05, 4.69) is 5.32 Å². The fourth-order valence-corrected chi connectivity index (χ4v) is 1.53. The molecule has 0 heterocycles. The van der Waals surface area contributed by atoms with E-state index >= 15 is 0 Å². The lowest BCUT2D eigenvalue weighted by molar-refractivity contribution is -0.384. The Morgan fingerprint density at radius 2 is 2.15 bits per heavy atom. The molecule has 3 N–H and O–H groups in total. The van der Waals surface area contributed by atoms with E-state index in [9.17, 15) is 23.7 Å². The highest BCUT2D eigenvalue weighted by atomic mass is 19.1. The third-order valence-corrected chi connectivity index (χ3v) is 2.76. The zero-order chi connectivity index (χ0) is 15.3. The number of halogens is 2. The second kappa shape index (κ2) is 6.90. The van der Waals surface area contributed by atoms with Gasteiger partial charge in [0.15, 0.2) is 11.5 Å². The van der Waals surface area contributed by atoms with Crippen molar-refractivity contribution in [2.45, 2.75) is 19.8 Å². The molecule has 0 aliphatic rings. The molecule has 6 nitrogen and oxygen atoms in total. The third kappa shape index (κ3) is 4.23. The van der Waals surface area contributed by atoms with Gasteiger partial charge in [-0.3, -0.25) is 14.9 Å². The summed E-state index contributed by atoms with van der Waals surface area (Å²) in [5.41, 5.74) is 3.95. The van der Waals surface area contributed by atoms with Gasteiger partial charge >= 0.3 is 0 Å². The molecule has 0 aromatic heterocycles. The zero-order valence-electron chi connectivity index (χ0n) is 10.9. The van der Waals surface area contributed by atoms with Crippen LogP contribution in [0.3, 0.4) is 0 Å². The molecule has 1 aromatic rings. The van der Waals surface area contributed by atoms with Gasteiger partial charge in [-0.2, -0.15) is 0 Å². The summed E-state index contributed by atoms with van der Waals surface area (Å²) in [7, 11) is 0. The van der Waals surface area contributed by atoms with Crippen molar-refractivity contribution in [3.8, 4) is 0 Å². The number of nitrogens with one attached hydrogen (secondary N) is 1. The molecule has 0 fully saturated rings. The number of nitrogens with zero attached hydrogens (tertiary/aromatic N) is 1. The first kappa shape index (κ1) is 16.0. The van der Waals surface area contributed by atoms with E-state index in [1.165, 1.54) is 0 Å². The van der Waals surface area contributed by atoms with Crippen LogP contribution in [-0.2, 0) is 4.79 Å². The molecule has 0 saturated heterocycles. The molecule has 1 aromatic carbocycles. The molecule has 1 rings (SSSR count). The Labute approximate surface area is 114 Å². The highest BCUT2D eigenvalue weighted by molar-refractivity contribution is 5.93. The van der Waals surface area contributed by atoms with Gasteiger partial charge in [-0.25, -0.2) is 8.78 Å². The van der Waals surface area contributed by atoms with E-state index in [0.29, 0.717) is 25.1 Å². The minimum Gasteiger partial charge on any atom is -0.330 e. The first-order chi connectivity index (χ1) is 9.35. The summed E-state index contributed by atoms with van der Waals surface area (Å²) >= 11 is 0. The van der Waals surface area contributed by atoms with E-state index in [-0.39, 0.29) is 12.3 Å². The van der Waals surface area contributed by atoms with Gasteiger partial charge in [0.05, 0.1) is 11.0 Å². The predicted molar refractivity (Wildman–Crippen MR) is 69.1 cm³/mol. The number of amides is 1. The average Bonchev–Trinajstić information content (AvgIpc) is 2.38. The molecule has 0 spiro atoms. The Balaban J connectivity index is 2.86. The van der Waals surface area contributed by atoms with Gasteiger partial charge in [-0.15, -0.1) is 0 Å². The molecule has 1 amide bonds. The number of nitrogens with two attached hydrogens (primary N) is 1. The fraction of sp³-hybridized carbons (Fsp3) is 0.417. The van der Waals surface area contributed by atoms with Gasteiger partial charge in [0.2, 0.25) is 5.91 Å². The van der Waals surface area contributed by atoms with Crippen LogP contribution in [0.4, 0.5) is 20.2 Å². The van der Waals surface area contributed by atoms with Gasteiger partial charge in [0.25, 0.3) is 5.69 Å². The molecule has 0 aliphatic carbocycles. The predicted octanol–water partition coefficient (Wildman–Crippen LogP) is 2.19. The summed E-state index contributed by atoms with van der Waals surface area (Å²) in [6.45, 7) is 2.24. The van der Waals surface area contributed by atoms with Gasteiger partial charge in [-0.05, 0) is 18.9 Å². The fourth-order valence-electron chi connectivity index (χ4n) is 1.53. The quantitative estimate of drug-likeness (QED) is 0.619. The van der Waals surface area contributed by atoms with Crippen LogP contribution >= 0.6 is 0 Å². The minimum absolute atomic E-state index is 0.0480. The molecule has 0 bridgehead atoms. The zero-order valence-corrected chi connectivity index (χ0v) is 10.9. The summed E-state index contributed by atoms with van der Waals surface area (Å²) in [5.74, 6) is -2.74. The number of nitro benzene ring substituents is 1. The maximum Gasteiger partial charge on any atom is 0.298 e. The van der Waals surface area contributed by atoms with Crippen molar-refractivity contribution in [1.82, 2.24) is 0 Å². The van der Waals surface area contributed by atoms with Gasteiger partial charge in [0.1, 0.15) is 5.82 Å². The highest BCUT2D eigenvalue weighted by Crippen LogP contribution is 2.28. The lowest BCUT2D eigenvalue weighted by atomic mass is 10.1. The Morgan fingerprint density at radius 3 is 2.70 bits per heavy atom. The van der Waals surface area contributed by atoms with E-state index in [4.69, 9.17) is 5.73 Å². The number of rotatable bonds is 6. The number of nitro groups is 1. The summed E-state index contributed by atoms with van der Waals surface area (Å²) in [5, 5.41) is 12.8. The largest absolute Gasteiger partial charge is 0.330 e. The molecule has 8 heteroatoms. The summed E-state index contributed by atoms with van der Waals surface area (Å²) < 4.78 is 26.5. The van der Waals surface area contributed by atoms with Crippen LogP contribution in [0.5, 0.6) is 0 Å². The Hall–Kier alpha value is -2.09. The standard InChI is InChI=1S/C12H15F2N3O3/c1-7(6-15)2-3-11(18)16-12-9(14)4-8(13)5-10(12)17(19)20/h4-5,7H,2-3,6,15H2,1H3,(H,16,18). The molecule has 0 saturated carbocycles. The summed E-state index contributed by atoms with van der Waals surface area (Å²) in [6, 6.07) is 1.03. The number of anilines is 1. The lowest BCUT2D eigenvalue weighted by Gasteiger charge is -2.09. The van der Waals surface area contributed by atoms with Crippen molar-refractivity contribution >= 4 is 17.3 Å². The van der Waals surface area contributed by atoms with Crippen molar-refractivity contribution in [2.24, 2.45) is 11.7 Å². The smallest absolute Gasteiger partial charge is 0.298 e. The lowest BCUT2D eigenvalue weighted by Crippen LogP contribution is -2.17. The monoisotopic (exact) mass is 287 g/mol. The molecular weight excluding hydrogens is 272 g/mol. The van der Waals surface area contributed by atoms with E-state index in [1.54, 1.807) is 0 Å². The molecule has 0 radical (unpaired) electrons. The Bertz CT molecular complexity index is 523. The molecule has 20 heavy (non-hydrogen) atoms. The highest BCUT2D eigenvalue weighted by Gasteiger charge is 2.22. The second-order valence-corrected chi connectivity index (χ2v) is 4.47. The molecule has 110 valence electrons. The van der Waals surface area contributed by atoms with Crippen LogP contribution in [0.25, 0.3) is 0 Å². The average molecular weight is 287 g/mol. The van der Waals surface area contributed by atoms with Crippen LogP contribution in [0.2, 0.25) is 0 Å². The van der Waals surface area contributed by atoms with Crippen molar-refractivity contribution in [3.63, 3.8) is 0 Å². The maximum atomic E-state index is 13.5. The topological polar surface area (TPSA) is 98.3 Å². The second-order valence-electron chi connectivity index (χ2n) is 4.47. The van der Waals surface area contributed by atoms with Gasteiger partial charge < -0.3 is 11.1 Å². The van der Waals surface area contributed by atoms with E-state index in [0.717, 1.165) is 0 Å². The van der Waals surface area contributed by atoms with Gasteiger partial charge in [-0.1, -0.05) is 6.92 Å². The van der Waals surface area contributed by atoms with Crippen LogP contribution < -0.4 is 11.1 Å². The van der Waals surface area contributed by atoms with Crippen LogP contribution in [0, 0.1) is 27.7 Å². The molecule has 0 aliphatic heterocycles. The van der Waals surface area contributed by atoms with Gasteiger partial charge in [0, 0.05) is 12.5 Å². The number of carbonyl (C=O) groups is 1. The van der Waals surface area contributed by atoms with Crippen molar-refractivity contribution < 1.29 is 18.5 Å². The number of benzene rings is 1. The minimum atomic E-state index is -1.18. The number of carbonyl (C=O) groups excluding carboxylic acids is 1. The number of hydrogen-bond acceptors (Lipinski definition) is 4. The normalized spacial score (nSPS) is 12.0. The van der Waals surface area contributed by atoms with Crippen LogP contribution in [0.15, 0.2) is 12.1 Å². The first-order valence-electron chi connectivity index (χ1n) is 5.98. The van der Waals surface area contributed by atoms with E-state index < -0.39 is 33.8 Å².